The van der Waals surface area contributed by atoms with E-state index in [0.717, 1.165) is 56.0 Å². The van der Waals surface area contributed by atoms with Gasteiger partial charge in [0.15, 0.2) is 0 Å². The van der Waals surface area contributed by atoms with Crippen molar-refractivity contribution in [3.8, 4) is 51.0 Å². The van der Waals surface area contributed by atoms with Gasteiger partial charge in [-0.2, -0.15) is 4.98 Å². The maximum absolute atomic E-state index is 6.47. The number of hydrogen-bond donors (Lipinski definition) is 0. The highest BCUT2D eigenvalue weighted by molar-refractivity contribution is 5.95. The second-order valence-corrected chi connectivity index (χ2v) is 9.50. The van der Waals surface area contributed by atoms with Gasteiger partial charge in [-0.1, -0.05) is 103 Å². The van der Waals surface area contributed by atoms with Crippen LogP contribution in [0.5, 0.6) is 11.8 Å². The van der Waals surface area contributed by atoms with Crippen LogP contribution in [-0.4, -0.2) is 14.5 Å². The average molecular weight is 516 g/mol. The molecule has 0 fully saturated rings. The number of rotatable bonds is 6. The summed E-state index contributed by atoms with van der Waals surface area (Å²) in [5.41, 5.74) is 9.17. The van der Waals surface area contributed by atoms with Crippen LogP contribution in [-0.2, 0) is 0 Å². The van der Waals surface area contributed by atoms with Gasteiger partial charge in [-0.25, -0.2) is 0 Å². The Balaban J connectivity index is 1.45. The van der Waals surface area contributed by atoms with Gasteiger partial charge >= 0.3 is 6.01 Å². The Morgan fingerprint density at radius 1 is 0.525 bits per heavy atom. The van der Waals surface area contributed by atoms with Crippen LogP contribution in [0.15, 0.2) is 152 Å². The number of ether oxygens (including phenoxy) is 1. The minimum Gasteiger partial charge on any atom is -0.425 e. The molecule has 190 valence electrons. The number of fused-ring (bicyclic) bond motifs is 1. The van der Waals surface area contributed by atoms with E-state index < -0.39 is 0 Å². The van der Waals surface area contributed by atoms with Gasteiger partial charge in [-0.05, 0) is 53.6 Å². The second kappa shape index (κ2) is 10.4. The van der Waals surface area contributed by atoms with Crippen molar-refractivity contribution in [3.05, 3.63) is 152 Å². The number of pyridine rings is 1. The highest BCUT2D eigenvalue weighted by atomic mass is 16.5. The maximum Gasteiger partial charge on any atom is 0.307 e. The lowest BCUT2D eigenvalue weighted by atomic mass is 10.00. The molecule has 0 amide bonds. The van der Waals surface area contributed by atoms with E-state index in [0.29, 0.717) is 6.01 Å². The molecule has 7 rings (SSSR count). The van der Waals surface area contributed by atoms with Crippen LogP contribution in [0.2, 0.25) is 0 Å². The molecular weight excluding hydrogens is 490 g/mol. The van der Waals surface area contributed by atoms with Crippen molar-refractivity contribution in [3.63, 3.8) is 0 Å². The summed E-state index contributed by atoms with van der Waals surface area (Å²) in [6.07, 6.45) is 1.82. The number of hydrogen-bond acceptors (Lipinski definition) is 3. The van der Waals surface area contributed by atoms with E-state index in [-0.39, 0.29) is 0 Å². The van der Waals surface area contributed by atoms with Crippen LogP contribution >= 0.6 is 0 Å². The number of benzene rings is 5. The molecule has 4 nitrogen and oxygen atoms in total. The second-order valence-electron chi connectivity index (χ2n) is 9.50. The predicted octanol–water partition coefficient (Wildman–Crippen LogP) is 9.21. The normalized spacial score (nSPS) is 11.0. The SMILES string of the molecule is c1ccc(Oc2nc3c(-c4cccc(-c5ccccn5)c4)cccc3n2-c2ccccc2-c2ccccc2)cc1. The Labute approximate surface area is 232 Å². The fourth-order valence-electron chi connectivity index (χ4n) is 5.12. The molecule has 0 N–H and O–H groups in total. The minimum absolute atomic E-state index is 0.512. The van der Waals surface area contributed by atoms with E-state index in [1.807, 2.05) is 60.8 Å². The molecule has 40 heavy (non-hydrogen) atoms. The number of imidazole rings is 1. The third kappa shape index (κ3) is 4.42. The molecular formula is C36H25N3O. The predicted molar refractivity (Wildman–Crippen MR) is 162 cm³/mol. The summed E-state index contributed by atoms with van der Waals surface area (Å²) in [5, 5.41) is 0. The van der Waals surface area contributed by atoms with Crippen LogP contribution in [0.25, 0.3) is 50.2 Å². The zero-order chi connectivity index (χ0) is 26.7. The quantitative estimate of drug-likeness (QED) is 0.222. The number of para-hydroxylation sites is 3. The largest absolute Gasteiger partial charge is 0.425 e. The molecule has 0 aliphatic carbocycles. The Hall–Kier alpha value is -5.48. The summed E-state index contributed by atoms with van der Waals surface area (Å²) in [6, 6.07) is 49.9. The van der Waals surface area contributed by atoms with Crippen LogP contribution < -0.4 is 4.74 Å². The first-order chi connectivity index (χ1) is 19.8. The summed E-state index contributed by atoms with van der Waals surface area (Å²) in [4.78, 5) is 9.67. The Bertz CT molecular complexity index is 1910. The first kappa shape index (κ1) is 23.6. The third-order valence-corrected chi connectivity index (χ3v) is 6.97. The summed E-state index contributed by atoms with van der Waals surface area (Å²) in [6.45, 7) is 0. The summed E-state index contributed by atoms with van der Waals surface area (Å²) >= 11 is 0. The topological polar surface area (TPSA) is 39.9 Å². The summed E-state index contributed by atoms with van der Waals surface area (Å²) in [7, 11) is 0. The number of aromatic nitrogens is 3. The van der Waals surface area contributed by atoms with Gasteiger partial charge in [-0.15, -0.1) is 0 Å². The van der Waals surface area contributed by atoms with Gasteiger partial charge in [0, 0.05) is 22.9 Å². The molecule has 0 aliphatic rings. The lowest BCUT2D eigenvalue weighted by molar-refractivity contribution is 0.437. The van der Waals surface area contributed by atoms with E-state index in [4.69, 9.17) is 9.72 Å². The van der Waals surface area contributed by atoms with Crippen molar-refractivity contribution in [1.29, 1.82) is 0 Å². The van der Waals surface area contributed by atoms with Crippen molar-refractivity contribution in [2.45, 2.75) is 0 Å². The van der Waals surface area contributed by atoms with E-state index in [2.05, 4.69) is 101 Å². The molecule has 7 aromatic rings. The Morgan fingerprint density at radius 3 is 2.02 bits per heavy atom. The van der Waals surface area contributed by atoms with Crippen molar-refractivity contribution >= 4 is 11.0 Å². The van der Waals surface area contributed by atoms with E-state index in [1.165, 1.54) is 0 Å². The molecule has 2 heterocycles. The molecule has 0 saturated heterocycles. The number of nitrogens with zero attached hydrogens (tertiary/aromatic N) is 3. The van der Waals surface area contributed by atoms with Gasteiger partial charge in [-0.3, -0.25) is 9.55 Å². The standard InChI is InChI=1S/C36H25N3O/c1-3-13-26(14-4-1)30-19-7-8-22-33(30)39-34-23-12-20-31(35(34)38-36(39)40-29-17-5-2-6-18-29)27-15-11-16-28(25-27)32-21-9-10-24-37-32/h1-25H. The van der Waals surface area contributed by atoms with Crippen LogP contribution in [0.1, 0.15) is 0 Å². The molecule has 0 radical (unpaired) electrons. The van der Waals surface area contributed by atoms with E-state index in [9.17, 15) is 0 Å². The van der Waals surface area contributed by atoms with Crippen molar-refractivity contribution in [2.24, 2.45) is 0 Å². The molecule has 0 atom stereocenters. The zero-order valence-corrected chi connectivity index (χ0v) is 21.7. The van der Waals surface area contributed by atoms with Gasteiger partial charge in [0.2, 0.25) is 0 Å². The Kier molecular flexibility index (Phi) is 6.11. The van der Waals surface area contributed by atoms with Crippen LogP contribution in [0.4, 0.5) is 0 Å². The summed E-state index contributed by atoms with van der Waals surface area (Å²) < 4.78 is 8.59. The smallest absolute Gasteiger partial charge is 0.307 e. The highest BCUT2D eigenvalue weighted by Crippen LogP contribution is 2.38. The maximum atomic E-state index is 6.47. The molecule has 0 unspecified atom stereocenters. The lowest BCUT2D eigenvalue weighted by Gasteiger charge is -2.15. The minimum atomic E-state index is 0.512. The monoisotopic (exact) mass is 515 g/mol. The van der Waals surface area contributed by atoms with Crippen molar-refractivity contribution in [1.82, 2.24) is 14.5 Å². The van der Waals surface area contributed by atoms with Gasteiger partial charge in [0.25, 0.3) is 0 Å². The third-order valence-electron chi connectivity index (χ3n) is 6.97. The lowest BCUT2D eigenvalue weighted by Crippen LogP contribution is -2.00. The first-order valence-electron chi connectivity index (χ1n) is 13.3. The van der Waals surface area contributed by atoms with Crippen molar-refractivity contribution in [2.75, 3.05) is 0 Å². The molecule has 0 aliphatic heterocycles. The van der Waals surface area contributed by atoms with Crippen molar-refractivity contribution < 1.29 is 4.74 Å². The Morgan fingerprint density at radius 2 is 1.20 bits per heavy atom. The fourth-order valence-corrected chi connectivity index (χ4v) is 5.12. The van der Waals surface area contributed by atoms with Gasteiger partial charge < -0.3 is 4.74 Å². The zero-order valence-electron chi connectivity index (χ0n) is 21.7. The highest BCUT2D eigenvalue weighted by Gasteiger charge is 2.20. The van der Waals surface area contributed by atoms with Gasteiger partial charge in [0.1, 0.15) is 11.3 Å². The molecule has 2 aromatic heterocycles. The van der Waals surface area contributed by atoms with E-state index >= 15 is 0 Å². The molecule has 4 heteroatoms. The van der Waals surface area contributed by atoms with Gasteiger partial charge in [0.05, 0.1) is 16.9 Å². The average Bonchev–Trinajstić information content (AvgIpc) is 3.40. The van der Waals surface area contributed by atoms with Crippen LogP contribution in [0, 0.1) is 0 Å². The first-order valence-corrected chi connectivity index (χ1v) is 13.3. The van der Waals surface area contributed by atoms with Crippen LogP contribution in [0.3, 0.4) is 0 Å². The van der Waals surface area contributed by atoms with E-state index in [1.54, 1.807) is 0 Å². The molecule has 0 bridgehead atoms. The molecule has 0 spiro atoms. The molecule has 0 saturated carbocycles. The fraction of sp³-hybridized carbons (Fsp3) is 0. The molecule has 5 aromatic carbocycles. The summed E-state index contributed by atoms with van der Waals surface area (Å²) in [5.74, 6) is 0.731.